The molecular formula is C31H36N2O4. The molecule has 0 saturated carbocycles. The van der Waals surface area contributed by atoms with Gasteiger partial charge < -0.3 is 25.2 Å². The molecule has 6 heteroatoms. The second kappa shape index (κ2) is 11.0. The number of para-hydroxylation sites is 1. The Bertz CT molecular complexity index is 1240. The number of aliphatic carboxylic acids is 1. The number of piperidine rings is 1. The Labute approximate surface area is 219 Å². The number of nitrogens with two attached hydrogens (primary N) is 1. The summed E-state index contributed by atoms with van der Waals surface area (Å²) >= 11 is 0. The van der Waals surface area contributed by atoms with Crippen LogP contribution in [0, 0.1) is 5.41 Å². The number of carboxylic acids is 1. The average molecular weight is 501 g/mol. The number of ether oxygens (including phenoxy) is 2. The van der Waals surface area contributed by atoms with Gasteiger partial charge in [-0.05, 0) is 84.2 Å². The van der Waals surface area contributed by atoms with Crippen molar-refractivity contribution in [1.29, 1.82) is 0 Å². The highest BCUT2D eigenvalue weighted by Gasteiger charge is 2.38. The molecule has 3 N–H and O–H groups in total. The molecule has 2 aliphatic heterocycles. The Morgan fingerprint density at radius 3 is 2.59 bits per heavy atom. The first-order valence-corrected chi connectivity index (χ1v) is 13.2. The third-order valence-electron chi connectivity index (χ3n) is 7.81. The van der Waals surface area contributed by atoms with E-state index in [1.807, 2.05) is 25.1 Å². The van der Waals surface area contributed by atoms with E-state index in [4.69, 9.17) is 15.2 Å². The first-order chi connectivity index (χ1) is 17.9. The predicted molar refractivity (Wildman–Crippen MR) is 146 cm³/mol. The second-order valence-electron chi connectivity index (χ2n) is 10.6. The zero-order chi connectivity index (χ0) is 25.8. The van der Waals surface area contributed by atoms with Crippen LogP contribution in [0.5, 0.6) is 5.75 Å². The van der Waals surface area contributed by atoms with Gasteiger partial charge in [0.15, 0.2) is 0 Å². The van der Waals surface area contributed by atoms with Crippen molar-refractivity contribution in [2.75, 3.05) is 31.2 Å². The highest BCUT2D eigenvalue weighted by Crippen LogP contribution is 2.41. The predicted octanol–water partition coefficient (Wildman–Crippen LogP) is 5.59. The largest absolute Gasteiger partial charge is 0.489 e. The highest BCUT2D eigenvalue weighted by molar-refractivity contribution is 5.72. The van der Waals surface area contributed by atoms with Crippen molar-refractivity contribution < 1.29 is 19.4 Å². The summed E-state index contributed by atoms with van der Waals surface area (Å²) in [6.07, 6.45) is 3.39. The van der Waals surface area contributed by atoms with Crippen LogP contribution in [0.1, 0.15) is 48.9 Å². The van der Waals surface area contributed by atoms with Crippen LogP contribution in [0.3, 0.4) is 0 Å². The molecule has 6 nitrogen and oxygen atoms in total. The van der Waals surface area contributed by atoms with Gasteiger partial charge >= 0.3 is 5.97 Å². The molecule has 3 aromatic rings. The van der Waals surface area contributed by atoms with Crippen LogP contribution in [-0.2, 0) is 22.6 Å². The molecule has 0 radical (unpaired) electrons. The summed E-state index contributed by atoms with van der Waals surface area (Å²) < 4.78 is 11.9. The number of hydrogen-bond donors (Lipinski definition) is 2. The Hall–Kier alpha value is -3.35. The molecule has 0 bridgehead atoms. The summed E-state index contributed by atoms with van der Waals surface area (Å²) in [5.41, 5.74) is 12.8. The normalized spacial score (nSPS) is 17.6. The number of benzene rings is 3. The summed E-state index contributed by atoms with van der Waals surface area (Å²) in [6.45, 7) is 6.15. The third-order valence-corrected chi connectivity index (χ3v) is 7.81. The smallest absolute Gasteiger partial charge is 0.307 e. The fraction of sp³-hybridized carbons (Fsp3) is 0.387. The molecule has 2 saturated heterocycles. The fourth-order valence-electron chi connectivity index (χ4n) is 5.51. The Kier molecular flexibility index (Phi) is 7.49. The van der Waals surface area contributed by atoms with Gasteiger partial charge in [0.2, 0.25) is 0 Å². The van der Waals surface area contributed by atoms with Gasteiger partial charge in [0.05, 0.1) is 13.0 Å². The summed E-state index contributed by atoms with van der Waals surface area (Å²) in [4.78, 5) is 13.8. The molecule has 2 aliphatic rings. The van der Waals surface area contributed by atoms with Gasteiger partial charge in [-0.1, -0.05) is 36.4 Å². The van der Waals surface area contributed by atoms with Gasteiger partial charge in [-0.2, -0.15) is 0 Å². The minimum Gasteiger partial charge on any atom is -0.489 e. The molecule has 5 rings (SSSR count). The van der Waals surface area contributed by atoms with Crippen LogP contribution in [0.4, 0.5) is 5.69 Å². The lowest BCUT2D eigenvalue weighted by molar-refractivity contribution is -0.136. The summed E-state index contributed by atoms with van der Waals surface area (Å²) in [5, 5.41) is 9.28. The zero-order valence-corrected chi connectivity index (χ0v) is 21.5. The molecule has 37 heavy (non-hydrogen) atoms. The molecule has 1 spiro atoms. The van der Waals surface area contributed by atoms with E-state index in [0.29, 0.717) is 23.3 Å². The van der Waals surface area contributed by atoms with Gasteiger partial charge in [-0.3, -0.25) is 4.79 Å². The van der Waals surface area contributed by atoms with Crippen LogP contribution < -0.4 is 15.4 Å². The van der Waals surface area contributed by atoms with E-state index in [-0.39, 0.29) is 12.5 Å². The summed E-state index contributed by atoms with van der Waals surface area (Å²) in [5.74, 6) is -0.262. The van der Waals surface area contributed by atoms with Crippen LogP contribution in [0.15, 0.2) is 66.7 Å². The number of rotatable bonds is 8. The lowest BCUT2D eigenvalue weighted by Crippen LogP contribution is -2.40. The minimum absolute atomic E-state index is 0.0383. The number of nitrogens with zero attached hydrogens (tertiary/aromatic N) is 1. The van der Waals surface area contributed by atoms with E-state index in [2.05, 4.69) is 47.4 Å². The number of anilines is 1. The van der Waals surface area contributed by atoms with Gasteiger partial charge in [0, 0.05) is 37.0 Å². The topological polar surface area (TPSA) is 85.0 Å². The summed E-state index contributed by atoms with van der Waals surface area (Å²) in [7, 11) is 0. The van der Waals surface area contributed by atoms with E-state index in [1.165, 1.54) is 12.1 Å². The molecule has 1 atom stereocenters. The van der Waals surface area contributed by atoms with E-state index in [0.717, 1.165) is 61.4 Å². The average Bonchev–Trinajstić information content (AvgIpc) is 3.36. The van der Waals surface area contributed by atoms with Crippen molar-refractivity contribution in [2.24, 2.45) is 11.1 Å². The number of carboxylic acid groups (broad SMARTS) is 1. The first kappa shape index (κ1) is 25.3. The van der Waals surface area contributed by atoms with Crippen LogP contribution in [0.2, 0.25) is 0 Å². The maximum Gasteiger partial charge on any atom is 0.307 e. The standard InChI is InChI=1S/C31H36N2O4/c1-22(32)24-6-4-7-25(17-24)27-15-23(20-37-29-8-3-2-5-26(29)19-30(34)35)16-28(18-27)33-12-9-31(10-13-33)11-14-36-21-31/h2-8,15-18,22H,9-14,19-21,32H2,1H3,(H,34,35)/t22-/m1/s1. The lowest BCUT2D eigenvalue weighted by Gasteiger charge is -2.39. The Morgan fingerprint density at radius 1 is 1.05 bits per heavy atom. The number of carbonyl (C=O) groups is 1. The van der Waals surface area contributed by atoms with Crippen molar-refractivity contribution in [1.82, 2.24) is 0 Å². The molecule has 2 heterocycles. The van der Waals surface area contributed by atoms with Crippen LogP contribution in [0.25, 0.3) is 11.1 Å². The van der Waals surface area contributed by atoms with Gasteiger partial charge in [0.1, 0.15) is 12.4 Å². The van der Waals surface area contributed by atoms with Gasteiger partial charge in [0.25, 0.3) is 0 Å². The van der Waals surface area contributed by atoms with E-state index >= 15 is 0 Å². The van der Waals surface area contributed by atoms with Gasteiger partial charge in [-0.25, -0.2) is 0 Å². The maximum atomic E-state index is 11.3. The van der Waals surface area contributed by atoms with Crippen molar-refractivity contribution in [3.63, 3.8) is 0 Å². The van der Waals surface area contributed by atoms with E-state index in [1.54, 1.807) is 6.07 Å². The van der Waals surface area contributed by atoms with Gasteiger partial charge in [-0.15, -0.1) is 0 Å². The maximum absolute atomic E-state index is 11.3. The molecule has 2 fully saturated rings. The second-order valence-corrected chi connectivity index (χ2v) is 10.6. The summed E-state index contributed by atoms with van der Waals surface area (Å²) in [6, 6.07) is 22.4. The molecule has 194 valence electrons. The highest BCUT2D eigenvalue weighted by atomic mass is 16.5. The lowest BCUT2D eigenvalue weighted by atomic mass is 9.78. The minimum atomic E-state index is -0.870. The Morgan fingerprint density at radius 2 is 1.86 bits per heavy atom. The van der Waals surface area contributed by atoms with Crippen LogP contribution >= 0.6 is 0 Å². The van der Waals surface area contributed by atoms with E-state index in [9.17, 15) is 9.90 Å². The third kappa shape index (κ3) is 5.97. The van der Waals surface area contributed by atoms with Crippen molar-refractivity contribution in [2.45, 2.75) is 45.3 Å². The molecule has 0 aromatic heterocycles. The molecule has 0 unspecified atom stereocenters. The number of hydrogen-bond acceptors (Lipinski definition) is 5. The van der Waals surface area contributed by atoms with Crippen molar-refractivity contribution in [3.05, 3.63) is 83.4 Å². The Balaban J connectivity index is 1.43. The first-order valence-electron chi connectivity index (χ1n) is 13.2. The SMILES string of the molecule is C[C@@H](N)c1cccc(-c2cc(COc3ccccc3CC(=O)O)cc(N3CCC4(CCOC4)CC3)c2)c1. The van der Waals surface area contributed by atoms with Crippen molar-refractivity contribution >= 4 is 11.7 Å². The molecule has 0 aliphatic carbocycles. The quantitative estimate of drug-likeness (QED) is 0.420. The molecule has 3 aromatic carbocycles. The molecule has 0 amide bonds. The molecular weight excluding hydrogens is 464 g/mol. The fourth-order valence-corrected chi connectivity index (χ4v) is 5.51. The zero-order valence-electron chi connectivity index (χ0n) is 21.5. The van der Waals surface area contributed by atoms with Crippen LogP contribution in [-0.4, -0.2) is 37.4 Å². The monoisotopic (exact) mass is 500 g/mol. The van der Waals surface area contributed by atoms with E-state index < -0.39 is 5.97 Å². The van der Waals surface area contributed by atoms with Crippen molar-refractivity contribution in [3.8, 4) is 16.9 Å².